The summed E-state index contributed by atoms with van der Waals surface area (Å²) in [7, 11) is 2.06. The second kappa shape index (κ2) is 5.84. The Kier molecular flexibility index (Phi) is 4.57. The number of nitrogens with zero attached hydrogens (tertiary/aromatic N) is 1. The molecule has 3 heteroatoms. The molecule has 0 radical (unpaired) electrons. The molecular weight excluding hydrogens is 300 g/mol. The van der Waals surface area contributed by atoms with Crippen LogP contribution in [0.25, 0.3) is 0 Å². The summed E-state index contributed by atoms with van der Waals surface area (Å²) in [5.74, 6) is 0.768. The Balaban J connectivity index is 2.16. The van der Waals surface area contributed by atoms with Crippen LogP contribution < -0.4 is 10.2 Å². The zero-order chi connectivity index (χ0) is 14.0. The Morgan fingerprint density at radius 1 is 1.42 bits per heavy atom. The lowest BCUT2D eigenvalue weighted by atomic mass is 9.73. The van der Waals surface area contributed by atoms with Crippen molar-refractivity contribution in [2.45, 2.75) is 27.2 Å². The summed E-state index contributed by atoms with van der Waals surface area (Å²) >= 11 is 3.55. The van der Waals surface area contributed by atoms with Crippen molar-refractivity contribution in [1.82, 2.24) is 5.32 Å². The van der Waals surface area contributed by atoms with E-state index in [0.29, 0.717) is 5.41 Å². The van der Waals surface area contributed by atoms with Gasteiger partial charge >= 0.3 is 0 Å². The number of rotatable bonds is 3. The van der Waals surface area contributed by atoms with E-state index in [2.05, 4.69) is 72.2 Å². The summed E-state index contributed by atoms with van der Waals surface area (Å²) < 4.78 is 1.16. The molecule has 1 aliphatic rings. The van der Waals surface area contributed by atoms with Crippen molar-refractivity contribution in [2.24, 2.45) is 11.3 Å². The summed E-state index contributed by atoms with van der Waals surface area (Å²) in [6.45, 7) is 10.4. The summed E-state index contributed by atoms with van der Waals surface area (Å²) in [5.41, 5.74) is 3.11. The number of hydrogen-bond donors (Lipinski definition) is 1. The fourth-order valence-electron chi connectivity index (χ4n) is 3.21. The molecule has 2 rings (SSSR count). The third-order valence-electron chi connectivity index (χ3n) is 4.40. The van der Waals surface area contributed by atoms with E-state index in [1.807, 2.05) is 0 Å². The minimum atomic E-state index is 0.362. The van der Waals surface area contributed by atoms with Crippen LogP contribution >= 0.6 is 15.9 Å². The standard InChI is InChI=1S/C16H25BrN2/c1-12-9-14(17)5-6-15(12)19-8-7-13(10-18-4)16(2,3)11-19/h5-6,9,13,18H,7-8,10-11H2,1-4H3. The Labute approximate surface area is 125 Å². The molecule has 0 aromatic heterocycles. The molecule has 0 bridgehead atoms. The monoisotopic (exact) mass is 324 g/mol. The number of benzene rings is 1. The number of halogens is 1. The van der Waals surface area contributed by atoms with Gasteiger partial charge in [-0.15, -0.1) is 0 Å². The zero-order valence-electron chi connectivity index (χ0n) is 12.5. The van der Waals surface area contributed by atoms with Crippen LogP contribution in [0.1, 0.15) is 25.8 Å². The molecule has 1 aliphatic heterocycles. The normalized spacial score (nSPS) is 22.6. The maximum Gasteiger partial charge on any atom is 0.0396 e. The van der Waals surface area contributed by atoms with E-state index in [1.54, 1.807) is 0 Å². The van der Waals surface area contributed by atoms with Gasteiger partial charge in [0.2, 0.25) is 0 Å². The molecule has 106 valence electrons. The molecule has 1 unspecified atom stereocenters. The Morgan fingerprint density at radius 3 is 2.74 bits per heavy atom. The largest absolute Gasteiger partial charge is 0.371 e. The molecule has 1 heterocycles. The van der Waals surface area contributed by atoms with Crippen LogP contribution in [-0.2, 0) is 0 Å². The third kappa shape index (κ3) is 3.32. The first-order valence-corrected chi connectivity index (χ1v) is 7.89. The first-order valence-electron chi connectivity index (χ1n) is 7.10. The second-order valence-corrected chi connectivity index (χ2v) is 7.30. The fourth-order valence-corrected chi connectivity index (χ4v) is 3.68. The Bertz CT molecular complexity index is 442. The number of anilines is 1. The maximum absolute atomic E-state index is 3.55. The third-order valence-corrected chi connectivity index (χ3v) is 4.89. The van der Waals surface area contributed by atoms with Gasteiger partial charge in [0.05, 0.1) is 0 Å². The molecule has 1 aromatic carbocycles. The summed E-state index contributed by atoms with van der Waals surface area (Å²) in [6, 6.07) is 6.60. The predicted octanol–water partition coefficient (Wildman–Crippen LogP) is 3.83. The van der Waals surface area contributed by atoms with Crippen molar-refractivity contribution in [3.05, 3.63) is 28.2 Å². The summed E-state index contributed by atoms with van der Waals surface area (Å²) in [5, 5.41) is 3.34. The van der Waals surface area contributed by atoms with Crippen LogP contribution in [0.5, 0.6) is 0 Å². The van der Waals surface area contributed by atoms with Crippen LogP contribution in [0.2, 0.25) is 0 Å². The van der Waals surface area contributed by atoms with Gasteiger partial charge in [-0.2, -0.15) is 0 Å². The Hall–Kier alpha value is -0.540. The lowest BCUT2D eigenvalue weighted by Gasteiger charge is -2.45. The van der Waals surface area contributed by atoms with Crippen LogP contribution in [-0.4, -0.2) is 26.7 Å². The van der Waals surface area contributed by atoms with E-state index in [1.165, 1.54) is 17.7 Å². The van der Waals surface area contributed by atoms with Gasteiger partial charge in [-0.25, -0.2) is 0 Å². The van der Waals surface area contributed by atoms with E-state index >= 15 is 0 Å². The molecule has 0 amide bonds. The second-order valence-electron chi connectivity index (χ2n) is 6.38. The van der Waals surface area contributed by atoms with Gasteiger partial charge in [0, 0.05) is 23.2 Å². The number of piperidine rings is 1. The first-order chi connectivity index (χ1) is 8.94. The van der Waals surface area contributed by atoms with Gasteiger partial charge in [0.15, 0.2) is 0 Å². The molecule has 0 saturated carbocycles. The first kappa shape index (κ1) is 14.9. The van der Waals surface area contributed by atoms with Crippen LogP contribution in [0.15, 0.2) is 22.7 Å². The molecule has 1 fully saturated rings. The highest BCUT2D eigenvalue weighted by Crippen LogP contribution is 2.37. The van der Waals surface area contributed by atoms with Crippen molar-refractivity contribution in [3.63, 3.8) is 0 Å². The molecule has 2 nitrogen and oxygen atoms in total. The molecule has 1 aromatic rings. The average molecular weight is 325 g/mol. The highest BCUT2D eigenvalue weighted by Gasteiger charge is 2.35. The van der Waals surface area contributed by atoms with Gasteiger partial charge < -0.3 is 10.2 Å². The van der Waals surface area contributed by atoms with Gasteiger partial charge in [-0.05, 0) is 62.0 Å². The minimum Gasteiger partial charge on any atom is -0.371 e. The van der Waals surface area contributed by atoms with Crippen molar-refractivity contribution >= 4 is 21.6 Å². The predicted molar refractivity (Wildman–Crippen MR) is 86.9 cm³/mol. The molecule has 1 N–H and O–H groups in total. The van der Waals surface area contributed by atoms with E-state index in [-0.39, 0.29) is 0 Å². The van der Waals surface area contributed by atoms with Crippen molar-refractivity contribution in [1.29, 1.82) is 0 Å². The number of hydrogen-bond acceptors (Lipinski definition) is 2. The SMILES string of the molecule is CNCC1CCN(c2ccc(Br)cc2C)CC1(C)C. The van der Waals surface area contributed by atoms with Gasteiger partial charge in [0.25, 0.3) is 0 Å². The highest BCUT2D eigenvalue weighted by molar-refractivity contribution is 9.10. The highest BCUT2D eigenvalue weighted by atomic mass is 79.9. The van der Waals surface area contributed by atoms with E-state index < -0.39 is 0 Å². The topological polar surface area (TPSA) is 15.3 Å². The van der Waals surface area contributed by atoms with E-state index in [9.17, 15) is 0 Å². The molecule has 0 spiro atoms. The van der Waals surface area contributed by atoms with Crippen molar-refractivity contribution < 1.29 is 0 Å². The van der Waals surface area contributed by atoms with E-state index in [4.69, 9.17) is 0 Å². The molecular formula is C16H25BrN2. The fraction of sp³-hybridized carbons (Fsp3) is 0.625. The minimum absolute atomic E-state index is 0.362. The average Bonchev–Trinajstić information content (AvgIpc) is 2.31. The van der Waals surface area contributed by atoms with Crippen molar-refractivity contribution in [2.75, 3.05) is 31.6 Å². The summed E-state index contributed by atoms with van der Waals surface area (Å²) in [4.78, 5) is 2.55. The van der Waals surface area contributed by atoms with Crippen LogP contribution in [0.4, 0.5) is 5.69 Å². The van der Waals surface area contributed by atoms with Crippen LogP contribution in [0, 0.1) is 18.3 Å². The smallest absolute Gasteiger partial charge is 0.0396 e. The van der Waals surface area contributed by atoms with Gasteiger partial charge in [-0.1, -0.05) is 29.8 Å². The Morgan fingerprint density at radius 2 is 2.16 bits per heavy atom. The van der Waals surface area contributed by atoms with Gasteiger partial charge in [-0.3, -0.25) is 0 Å². The quantitative estimate of drug-likeness (QED) is 0.909. The zero-order valence-corrected chi connectivity index (χ0v) is 14.0. The lowest BCUT2D eigenvalue weighted by Crippen LogP contribution is -2.48. The molecule has 1 atom stereocenters. The lowest BCUT2D eigenvalue weighted by molar-refractivity contribution is 0.174. The maximum atomic E-state index is 3.55. The van der Waals surface area contributed by atoms with Crippen molar-refractivity contribution in [3.8, 4) is 0 Å². The van der Waals surface area contributed by atoms with Crippen LogP contribution in [0.3, 0.4) is 0 Å². The van der Waals surface area contributed by atoms with E-state index in [0.717, 1.165) is 30.0 Å². The molecule has 19 heavy (non-hydrogen) atoms. The molecule has 1 saturated heterocycles. The number of nitrogens with one attached hydrogen (secondary N) is 1. The number of aryl methyl sites for hydroxylation is 1. The van der Waals surface area contributed by atoms with Gasteiger partial charge in [0.1, 0.15) is 0 Å². The summed E-state index contributed by atoms with van der Waals surface area (Å²) in [6.07, 6.45) is 1.27. The molecule has 0 aliphatic carbocycles.